The molecule has 1 aliphatic carbocycles. The van der Waals surface area contributed by atoms with Gasteiger partial charge in [0.1, 0.15) is 11.6 Å². The highest BCUT2D eigenvalue weighted by molar-refractivity contribution is 7.89. The van der Waals surface area contributed by atoms with Gasteiger partial charge in [-0.15, -0.1) is 0 Å². The summed E-state index contributed by atoms with van der Waals surface area (Å²) in [5, 5.41) is 15.0. The largest absolute Gasteiger partial charge is 0.444 e. The van der Waals surface area contributed by atoms with Gasteiger partial charge in [0.2, 0.25) is 15.9 Å². The SMILES string of the molecule is C[C@H](NC(=O)OC(C)(C)C)C(=O)Nc1ccc2c(c1)-c1c(c(C(N)=O)nn1-c1ccc(S(N)(=O)=O)cc1)CC2. The fourth-order valence-corrected chi connectivity index (χ4v) is 4.79. The summed E-state index contributed by atoms with van der Waals surface area (Å²) >= 11 is 0. The van der Waals surface area contributed by atoms with Gasteiger partial charge >= 0.3 is 6.09 Å². The van der Waals surface area contributed by atoms with Gasteiger partial charge in [0.25, 0.3) is 5.91 Å². The van der Waals surface area contributed by atoms with Crippen LogP contribution in [-0.2, 0) is 32.4 Å². The molecule has 206 valence electrons. The molecule has 1 aliphatic rings. The summed E-state index contributed by atoms with van der Waals surface area (Å²) < 4.78 is 30.1. The quantitative estimate of drug-likeness (QED) is 0.359. The summed E-state index contributed by atoms with van der Waals surface area (Å²) in [6.45, 7) is 6.71. The van der Waals surface area contributed by atoms with E-state index in [0.717, 1.165) is 11.1 Å². The molecule has 0 unspecified atom stereocenters. The average Bonchev–Trinajstić information content (AvgIpc) is 3.23. The second kappa shape index (κ2) is 10.2. The van der Waals surface area contributed by atoms with Gasteiger partial charge in [0, 0.05) is 16.8 Å². The normalized spacial score (nSPS) is 13.6. The van der Waals surface area contributed by atoms with Gasteiger partial charge in [-0.05, 0) is 82.5 Å². The molecule has 6 N–H and O–H groups in total. The van der Waals surface area contributed by atoms with Gasteiger partial charge in [-0.3, -0.25) is 9.59 Å². The fourth-order valence-electron chi connectivity index (χ4n) is 4.28. The molecule has 3 amide bonds. The molecule has 39 heavy (non-hydrogen) atoms. The minimum Gasteiger partial charge on any atom is -0.444 e. The van der Waals surface area contributed by atoms with Crippen LogP contribution in [0.4, 0.5) is 10.5 Å². The number of fused-ring (bicyclic) bond motifs is 3. The fraction of sp³-hybridized carbons (Fsp3) is 0.308. The zero-order valence-corrected chi connectivity index (χ0v) is 22.8. The predicted molar refractivity (Wildman–Crippen MR) is 144 cm³/mol. The highest BCUT2D eigenvalue weighted by atomic mass is 32.2. The molecule has 12 nitrogen and oxygen atoms in total. The first-order valence-electron chi connectivity index (χ1n) is 12.1. The van der Waals surface area contributed by atoms with Crippen molar-refractivity contribution in [1.29, 1.82) is 0 Å². The number of nitrogens with two attached hydrogens (primary N) is 2. The average molecular weight is 555 g/mol. The first kappa shape index (κ1) is 27.8. The van der Waals surface area contributed by atoms with Gasteiger partial charge < -0.3 is 21.1 Å². The molecular weight excluding hydrogens is 524 g/mol. The van der Waals surface area contributed by atoms with E-state index in [1.807, 2.05) is 6.07 Å². The highest BCUT2D eigenvalue weighted by Gasteiger charge is 2.29. The maximum atomic E-state index is 12.8. The van der Waals surface area contributed by atoms with Crippen LogP contribution in [0, 0.1) is 0 Å². The lowest BCUT2D eigenvalue weighted by molar-refractivity contribution is -0.117. The van der Waals surface area contributed by atoms with Crippen molar-refractivity contribution in [3.05, 3.63) is 59.3 Å². The summed E-state index contributed by atoms with van der Waals surface area (Å²) in [6, 6.07) is 10.3. The predicted octanol–water partition coefficient (Wildman–Crippen LogP) is 2.24. The van der Waals surface area contributed by atoms with Crippen LogP contribution in [0.1, 0.15) is 49.3 Å². The Morgan fingerprint density at radius 3 is 2.33 bits per heavy atom. The maximum Gasteiger partial charge on any atom is 0.408 e. The third-order valence-electron chi connectivity index (χ3n) is 6.03. The number of nitrogens with zero attached hydrogens (tertiary/aromatic N) is 2. The van der Waals surface area contributed by atoms with Crippen LogP contribution >= 0.6 is 0 Å². The van der Waals surface area contributed by atoms with Gasteiger partial charge in [0.15, 0.2) is 5.69 Å². The number of carbonyl (C=O) groups is 3. The molecule has 1 aromatic heterocycles. The summed E-state index contributed by atoms with van der Waals surface area (Å²) in [6.07, 6.45) is 0.415. The number of primary sulfonamides is 1. The standard InChI is InChI=1S/C26H30N6O6S/c1-14(29-25(35)38-26(2,3)4)24(34)30-16-7-5-15-6-12-19-21(23(27)33)31-32(22(19)20(15)13-16)17-8-10-18(11-9-17)39(28,36)37/h5,7-11,13-14H,6,12H2,1-4H3,(H2,27,33)(H,29,35)(H,30,34)(H2,28,36,37)/t14-/m0/s1. The number of aryl methyl sites for hydroxylation is 1. The van der Waals surface area contributed by atoms with E-state index in [9.17, 15) is 22.8 Å². The third-order valence-corrected chi connectivity index (χ3v) is 6.96. The number of carbonyl (C=O) groups excluding carboxylic acids is 3. The first-order valence-corrected chi connectivity index (χ1v) is 13.7. The van der Waals surface area contributed by atoms with Crippen LogP contribution in [0.2, 0.25) is 0 Å². The minimum absolute atomic E-state index is 0.0677. The number of sulfonamides is 1. The Balaban J connectivity index is 1.68. The van der Waals surface area contributed by atoms with E-state index in [1.165, 1.54) is 35.9 Å². The van der Waals surface area contributed by atoms with Crippen molar-refractivity contribution in [2.75, 3.05) is 5.32 Å². The Hall–Kier alpha value is -4.23. The molecule has 1 heterocycles. The third kappa shape index (κ3) is 6.10. The second-order valence-corrected chi connectivity index (χ2v) is 11.8. The second-order valence-electron chi connectivity index (χ2n) is 10.2. The summed E-state index contributed by atoms with van der Waals surface area (Å²) in [7, 11) is -3.90. The van der Waals surface area contributed by atoms with E-state index >= 15 is 0 Å². The van der Waals surface area contributed by atoms with Gasteiger partial charge in [-0.1, -0.05) is 6.07 Å². The van der Waals surface area contributed by atoms with Crippen LogP contribution in [0.5, 0.6) is 0 Å². The van der Waals surface area contributed by atoms with Crippen molar-refractivity contribution in [2.24, 2.45) is 10.9 Å². The van der Waals surface area contributed by atoms with Crippen molar-refractivity contribution in [3.8, 4) is 16.9 Å². The Bertz CT molecular complexity index is 1570. The monoisotopic (exact) mass is 554 g/mol. The maximum absolute atomic E-state index is 12.8. The summed E-state index contributed by atoms with van der Waals surface area (Å²) in [4.78, 5) is 37.0. The lowest BCUT2D eigenvalue weighted by Gasteiger charge is -2.22. The lowest BCUT2D eigenvalue weighted by atomic mass is 9.88. The number of alkyl carbamates (subject to hydrolysis) is 1. The number of primary amides is 1. The van der Waals surface area contributed by atoms with Crippen molar-refractivity contribution in [3.63, 3.8) is 0 Å². The Morgan fingerprint density at radius 2 is 1.74 bits per heavy atom. The zero-order valence-electron chi connectivity index (χ0n) is 21.9. The number of hydrogen-bond acceptors (Lipinski definition) is 7. The van der Waals surface area contributed by atoms with E-state index in [0.29, 0.717) is 35.5 Å². The van der Waals surface area contributed by atoms with Gasteiger partial charge in [-0.25, -0.2) is 23.0 Å². The van der Waals surface area contributed by atoms with E-state index in [1.54, 1.807) is 32.9 Å². The molecule has 0 radical (unpaired) electrons. The number of hydrogen-bond donors (Lipinski definition) is 4. The van der Waals surface area contributed by atoms with E-state index in [2.05, 4.69) is 15.7 Å². The number of aromatic nitrogens is 2. The number of amides is 3. The Labute approximate surface area is 225 Å². The lowest BCUT2D eigenvalue weighted by Crippen LogP contribution is -2.43. The van der Waals surface area contributed by atoms with Gasteiger partial charge in [-0.2, -0.15) is 5.10 Å². The minimum atomic E-state index is -3.90. The first-order chi connectivity index (χ1) is 18.1. The smallest absolute Gasteiger partial charge is 0.408 e. The molecule has 13 heteroatoms. The number of ether oxygens (including phenoxy) is 1. The molecule has 0 saturated heterocycles. The highest BCUT2D eigenvalue weighted by Crippen LogP contribution is 2.38. The summed E-state index contributed by atoms with van der Waals surface area (Å²) in [5.74, 6) is -1.15. The molecule has 3 aromatic rings. The molecule has 0 saturated carbocycles. The van der Waals surface area contributed by atoms with Crippen LogP contribution in [0.15, 0.2) is 47.4 Å². The molecule has 0 spiro atoms. The number of benzene rings is 2. The van der Waals surface area contributed by atoms with Crippen LogP contribution in [0.3, 0.4) is 0 Å². The van der Waals surface area contributed by atoms with E-state index in [4.69, 9.17) is 15.6 Å². The topological polar surface area (TPSA) is 188 Å². The van der Waals surface area contributed by atoms with Crippen LogP contribution < -0.4 is 21.5 Å². The van der Waals surface area contributed by atoms with Crippen molar-refractivity contribution >= 4 is 33.6 Å². The molecular formula is C26H30N6O6S. The van der Waals surface area contributed by atoms with Crippen molar-refractivity contribution < 1.29 is 27.5 Å². The molecule has 0 fully saturated rings. The molecule has 4 rings (SSSR count). The number of rotatable bonds is 6. The van der Waals surface area contributed by atoms with Gasteiger partial charge in [0.05, 0.1) is 16.3 Å². The molecule has 0 aliphatic heterocycles. The molecule has 2 aromatic carbocycles. The molecule has 0 bridgehead atoms. The zero-order chi connectivity index (χ0) is 28.7. The number of nitrogens with one attached hydrogen (secondary N) is 2. The van der Waals surface area contributed by atoms with Crippen molar-refractivity contribution in [1.82, 2.24) is 15.1 Å². The van der Waals surface area contributed by atoms with Crippen molar-refractivity contribution in [2.45, 2.75) is 57.1 Å². The summed E-state index contributed by atoms with van der Waals surface area (Å²) in [5.41, 5.74) is 8.90. The molecule has 1 atom stereocenters. The Kier molecular flexibility index (Phi) is 7.23. The number of anilines is 1. The van der Waals surface area contributed by atoms with E-state index in [-0.39, 0.29) is 10.6 Å². The van der Waals surface area contributed by atoms with Crippen LogP contribution in [0.25, 0.3) is 16.9 Å². The van der Waals surface area contributed by atoms with E-state index < -0.39 is 39.6 Å². The Morgan fingerprint density at radius 1 is 1.08 bits per heavy atom. The van der Waals surface area contributed by atoms with Crippen LogP contribution in [-0.4, -0.2) is 47.7 Å².